The van der Waals surface area contributed by atoms with Crippen LogP contribution in [0.1, 0.15) is 42.6 Å². The van der Waals surface area contributed by atoms with Crippen LogP contribution >= 0.6 is 0 Å². The van der Waals surface area contributed by atoms with E-state index in [2.05, 4.69) is 15.1 Å². The Morgan fingerprint density at radius 2 is 2.00 bits per heavy atom. The number of amides is 1. The number of carbonyl (C=O) groups excluding carboxylic acids is 1. The lowest BCUT2D eigenvalue weighted by atomic mass is 9.83. The van der Waals surface area contributed by atoms with E-state index in [0.29, 0.717) is 28.9 Å². The van der Waals surface area contributed by atoms with Gasteiger partial charge in [-0.05, 0) is 55.7 Å². The summed E-state index contributed by atoms with van der Waals surface area (Å²) < 4.78 is 0. The first-order valence-electron chi connectivity index (χ1n) is 10.5. The van der Waals surface area contributed by atoms with Crippen LogP contribution in [0.4, 0.5) is 0 Å². The molecule has 28 heavy (non-hydrogen) atoms. The number of rotatable bonds is 4. The van der Waals surface area contributed by atoms with Crippen molar-refractivity contribution in [2.45, 2.75) is 38.1 Å². The van der Waals surface area contributed by atoms with Gasteiger partial charge in [-0.3, -0.25) is 14.8 Å². The Kier molecular flexibility index (Phi) is 4.59. The van der Waals surface area contributed by atoms with Gasteiger partial charge in [-0.15, -0.1) is 0 Å². The zero-order valence-electron chi connectivity index (χ0n) is 16.2. The molecule has 6 heteroatoms. The molecule has 0 spiro atoms. The number of aromatic amines is 1. The van der Waals surface area contributed by atoms with E-state index < -0.39 is 0 Å². The summed E-state index contributed by atoms with van der Waals surface area (Å²) in [6.45, 7) is 4.00. The van der Waals surface area contributed by atoms with Gasteiger partial charge >= 0.3 is 0 Å². The third-order valence-corrected chi connectivity index (χ3v) is 6.82. The summed E-state index contributed by atoms with van der Waals surface area (Å²) in [6, 6.07) is 9.33. The van der Waals surface area contributed by atoms with Crippen LogP contribution in [0.3, 0.4) is 0 Å². The lowest BCUT2D eigenvalue weighted by Crippen LogP contribution is -2.47. The Morgan fingerprint density at radius 1 is 1.14 bits per heavy atom. The second-order valence-electron chi connectivity index (χ2n) is 8.74. The zero-order valence-corrected chi connectivity index (χ0v) is 16.2. The molecule has 1 amide bonds. The number of carbonyl (C=O) groups is 1. The second-order valence-corrected chi connectivity index (χ2v) is 8.74. The van der Waals surface area contributed by atoms with Gasteiger partial charge in [-0.25, -0.2) is 0 Å². The maximum atomic E-state index is 13.2. The maximum Gasteiger partial charge on any atom is 0.271 e. The summed E-state index contributed by atoms with van der Waals surface area (Å²) in [4.78, 5) is 17.8. The van der Waals surface area contributed by atoms with E-state index in [1.807, 2.05) is 17.0 Å². The summed E-state index contributed by atoms with van der Waals surface area (Å²) in [5, 5.41) is 17.2. The van der Waals surface area contributed by atoms with E-state index in [4.69, 9.17) is 0 Å². The molecule has 1 aromatic carbocycles. The first kappa shape index (κ1) is 17.7. The van der Waals surface area contributed by atoms with Crippen molar-refractivity contribution >= 4 is 5.91 Å². The number of hydrogen-bond donors (Lipinski definition) is 2. The Bertz CT molecular complexity index is 860. The van der Waals surface area contributed by atoms with E-state index in [0.717, 1.165) is 25.6 Å². The second kappa shape index (κ2) is 7.24. The topological polar surface area (TPSA) is 72.5 Å². The third-order valence-electron chi connectivity index (χ3n) is 6.82. The molecule has 1 aromatic heterocycles. The SMILES string of the molecule is O=C(c1cc(-c2ccccc2O)n[nH]1)N1C[C@H]2CC[C@@H](C1)N(CC1CCC1)C2. The highest BCUT2D eigenvalue weighted by atomic mass is 16.3. The van der Waals surface area contributed by atoms with Gasteiger partial charge in [0.25, 0.3) is 5.91 Å². The van der Waals surface area contributed by atoms with E-state index in [1.165, 1.54) is 38.6 Å². The summed E-state index contributed by atoms with van der Waals surface area (Å²) >= 11 is 0. The van der Waals surface area contributed by atoms with E-state index in [1.54, 1.807) is 18.2 Å². The predicted molar refractivity (Wildman–Crippen MR) is 107 cm³/mol. The molecule has 1 aliphatic carbocycles. The van der Waals surface area contributed by atoms with Crippen LogP contribution in [0.25, 0.3) is 11.3 Å². The van der Waals surface area contributed by atoms with Crippen LogP contribution in [0.5, 0.6) is 5.75 Å². The molecule has 3 saturated heterocycles. The van der Waals surface area contributed by atoms with Gasteiger partial charge < -0.3 is 10.0 Å². The van der Waals surface area contributed by atoms with Crippen molar-refractivity contribution in [2.24, 2.45) is 11.8 Å². The van der Waals surface area contributed by atoms with Gasteiger partial charge in [0.15, 0.2) is 0 Å². The van der Waals surface area contributed by atoms with E-state index in [-0.39, 0.29) is 11.7 Å². The number of para-hydroxylation sites is 1. The number of hydrogen-bond acceptors (Lipinski definition) is 4. The van der Waals surface area contributed by atoms with Crippen molar-refractivity contribution in [2.75, 3.05) is 26.2 Å². The number of aromatic nitrogens is 2. The van der Waals surface area contributed by atoms with Crippen molar-refractivity contribution in [1.29, 1.82) is 0 Å². The molecule has 148 valence electrons. The van der Waals surface area contributed by atoms with E-state index in [9.17, 15) is 9.90 Å². The molecule has 6 nitrogen and oxygen atoms in total. The van der Waals surface area contributed by atoms with Crippen molar-refractivity contribution in [1.82, 2.24) is 20.0 Å². The number of H-pyrrole nitrogens is 1. The Labute approximate surface area is 165 Å². The molecule has 4 fully saturated rings. The smallest absolute Gasteiger partial charge is 0.271 e. The summed E-state index contributed by atoms with van der Waals surface area (Å²) in [5.41, 5.74) is 1.75. The zero-order chi connectivity index (χ0) is 19.1. The summed E-state index contributed by atoms with van der Waals surface area (Å²) in [7, 11) is 0. The maximum absolute atomic E-state index is 13.2. The molecule has 2 N–H and O–H groups in total. The molecule has 3 aliphatic heterocycles. The molecule has 0 unspecified atom stereocenters. The summed E-state index contributed by atoms with van der Waals surface area (Å²) in [6.07, 6.45) is 6.56. The highest BCUT2D eigenvalue weighted by Gasteiger charge is 2.38. The summed E-state index contributed by atoms with van der Waals surface area (Å²) in [5.74, 6) is 1.64. The quantitative estimate of drug-likeness (QED) is 0.855. The number of aromatic hydroxyl groups is 1. The minimum atomic E-state index is 0.0246. The van der Waals surface area contributed by atoms with Gasteiger partial charge in [0, 0.05) is 37.8 Å². The molecule has 4 heterocycles. The largest absolute Gasteiger partial charge is 0.507 e. The highest BCUT2D eigenvalue weighted by Crippen LogP contribution is 2.34. The van der Waals surface area contributed by atoms with Crippen molar-refractivity contribution < 1.29 is 9.90 Å². The number of fused-ring (bicyclic) bond motifs is 4. The molecule has 2 bridgehead atoms. The normalized spacial score (nSPS) is 25.5. The molecule has 2 atom stereocenters. The van der Waals surface area contributed by atoms with E-state index >= 15 is 0 Å². The first-order chi connectivity index (χ1) is 13.7. The van der Waals surface area contributed by atoms with Gasteiger partial charge in [0.1, 0.15) is 11.4 Å². The van der Waals surface area contributed by atoms with Gasteiger partial charge in [-0.1, -0.05) is 18.6 Å². The monoisotopic (exact) mass is 380 g/mol. The fourth-order valence-corrected chi connectivity index (χ4v) is 5.01. The Morgan fingerprint density at radius 3 is 2.79 bits per heavy atom. The van der Waals surface area contributed by atoms with Crippen LogP contribution in [0.15, 0.2) is 30.3 Å². The fourth-order valence-electron chi connectivity index (χ4n) is 5.01. The number of piperidine rings is 1. The molecule has 6 rings (SSSR count). The minimum Gasteiger partial charge on any atom is -0.507 e. The molecule has 4 aliphatic rings. The molecular weight excluding hydrogens is 352 g/mol. The Hall–Kier alpha value is -2.34. The molecule has 2 aromatic rings. The van der Waals surface area contributed by atoms with Crippen molar-refractivity contribution in [3.05, 3.63) is 36.0 Å². The number of nitrogens with zero attached hydrogens (tertiary/aromatic N) is 3. The molecular formula is C22H28N4O2. The lowest BCUT2D eigenvalue weighted by Gasteiger charge is -2.40. The predicted octanol–water partition coefficient (Wildman–Crippen LogP) is 3.12. The fraction of sp³-hybridized carbons (Fsp3) is 0.545. The Balaban J connectivity index is 1.31. The lowest BCUT2D eigenvalue weighted by molar-refractivity contribution is 0.0712. The van der Waals surface area contributed by atoms with Crippen LogP contribution < -0.4 is 0 Å². The van der Waals surface area contributed by atoms with Crippen LogP contribution in [0.2, 0.25) is 0 Å². The number of benzene rings is 1. The first-order valence-corrected chi connectivity index (χ1v) is 10.5. The highest BCUT2D eigenvalue weighted by molar-refractivity contribution is 5.93. The number of nitrogens with one attached hydrogen (secondary N) is 1. The van der Waals surface area contributed by atoms with Crippen LogP contribution in [0, 0.1) is 11.8 Å². The average Bonchev–Trinajstić information content (AvgIpc) is 2.97. The average molecular weight is 380 g/mol. The third kappa shape index (κ3) is 3.30. The van der Waals surface area contributed by atoms with Gasteiger partial charge in [0.05, 0.1) is 5.69 Å². The number of phenols is 1. The van der Waals surface area contributed by atoms with Crippen molar-refractivity contribution in [3.63, 3.8) is 0 Å². The molecule has 1 saturated carbocycles. The molecule has 0 radical (unpaired) electrons. The standard InChI is InChI=1S/C22H28N4O2/c27-21-7-2-1-6-18(21)19-10-20(24-23-19)22(28)26-13-16-8-9-17(14-26)25(12-16)11-15-4-3-5-15/h1-2,6-7,10,15-17,27H,3-5,8-9,11-14H2,(H,23,24)/t16-,17-/m0/s1. The van der Waals surface area contributed by atoms with Gasteiger partial charge in [-0.2, -0.15) is 5.10 Å². The van der Waals surface area contributed by atoms with Crippen LogP contribution in [-0.2, 0) is 0 Å². The van der Waals surface area contributed by atoms with Gasteiger partial charge in [0.2, 0.25) is 0 Å². The van der Waals surface area contributed by atoms with Crippen molar-refractivity contribution in [3.8, 4) is 17.0 Å². The van der Waals surface area contributed by atoms with Crippen LogP contribution in [-0.4, -0.2) is 63.2 Å². The minimum absolute atomic E-state index is 0.0246. The number of phenolic OH excluding ortho intramolecular Hbond substituents is 1.